The molecule has 2 atom stereocenters. The van der Waals surface area contributed by atoms with Crippen LogP contribution < -0.4 is 0 Å². The van der Waals surface area contributed by atoms with Gasteiger partial charge in [0.2, 0.25) is 0 Å². The van der Waals surface area contributed by atoms with Gasteiger partial charge in [0.15, 0.2) is 0 Å². The minimum absolute atomic E-state index is 0.0418. The van der Waals surface area contributed by atoms with E-state index in [1.54, 1.807) is 18.2 Å². The van der Waals surface area contributed by atoms with E-state index in [-0.39, 0.29) is 29.2 Å². The summed E-state index contributed by atoms with van der Waals surface area (Å²) in [6.45, 7) is 4.12. The zero-order valence-electron chi connectivity index (χ0n) is 12.4. The Morgan fingerprint density at radius 3 is 1.95 bits per heavy atom. The lowest BCUT2D eigenvalue weighted by atomic mass is 9.78. The molecule has 2 aromatic rings. The van der Waals surface area contributed by atoms with Crippen LogP contribution in [0.15, 0.2) is 42.5 Å². The highest BCUT2D eigenvalue weighted by Crippen LogP contribution is 2.39. The van der Waals surface area contributed by atoms with Crippen LogP contribution in [0.1, 0.15) is 49.7 Å². The van der Waals surface area contributed by atoms with Crippen molar-refractivity contribution in [3.8, 4) is 11.5 Å². The maximum atomic E-state index is 14.2. The summed E-state index contributed by atoms with van der Waals surface area (Å²) >= 11 is 0. The molecule has 0 aliphatic heterocycles. The summed E-state index contributed by atoms with van der Waals surface area (Å²) in [5.41, 5.74) is 1.73. The Labute approximate surface area is 124 Å². The van der Waals surface area contributed by atoms with Crippen molar-refractivity contribution in [3.05, 3.63) is 59.4 Å². The number of hydrogen-bond donors (Lipinski definition) is 2. The van der Waals surface area contributed by atoms with Crippen LogP contribution in [0.5, 0.6) is 11.5 Å². The van der Waals surface area contributed by atoms with Crippen LogP contribution >= 0.6 is 0 Å². The van der Waals surface area contributed by atoms with Crippen LogP contribution in [-0.4, -0.2) is 10.2 Å². The van der Waals surface area contributed by atoms with Crippen LogP contribution in [0.4, 0.5) is 4.39 Å². The van der Waals surface area contributed by atoms with Crippen LogP contribution in [0, 0.1) is 5.82 Å². The molecule has 21 heavy (non-hydrogen) atoms. The second-order valence-electron chi connectivity index (χ2n) is 5.33. The van der Waals surface area contributed by atoms with Gasteiger partial charge in [0.25, 0.3) is 0 Å². The third kappa shape index (κ3) is 3.35. The van der Waals surface area contributed by atoms with Crippen LogP contribution in [0.2, 0.25) is 0 Å². The quantitative estimate of drug-likeness (QED) is 0.819. The van der Waals surface area contributed by atoms with E-state index in [0.29, 0.717) is 5.56 Å². The van der Waals surface area contributed by atoms with Crippen LogP contribution in [0.3, 0.4) is 0 Å². The number of phenols is 2. The van der Waals surface area contributed by atoms with Crippen molar-refractivity contribution >= 4 is 0 Å². The third-order valence-electron chi connectivity index (χ3n) is 4.07. The van der Waals surface area contributed by atoms with E-state index in [1.165, 1.54) is 12.1 Å². The maximum Gasteiger partial charge on any atom is 0.130 e. The zero-order chi connectivity index (χ0) is 15.4. The number of halogens is 1. The average molecular weight is 288 g/mol. The second-order valence-corrected chi connectivity index (χ2v) is 5.33. The highest BCUT2D eigenvalue weighted by molar-refractivity contribution is 5.35. The molecule has 0 spiro atoms. The van der Waals surface area contributed by atoms with Gasteiger partial charge in [-0.25, -0.2) is 4.39 Å². The van der Waals surface area contributed by atoms with Crippen LogP contribution in [0.25, 0.3) is 0 Å². The summed E-state index contributed by atoms with van der Waals surface area (Å²) in [7, 11) is 0. The Kier molecular flexibility index (Phi) is 4.84. The van der Waals surface area contributed by atoms with Gasteiger partial charge in [-0.2, -0.15) is 0 Å². The maximum absolute atomic E-state index is 14.2. The van der Waals surface area contributed by atoms with E-state index < -0.39 is 0 Å². The molecule has 112 valence electrons. The molecule has 0 radical (unpaired) electrons. The lowest BCUT2D eigenvalue weighted by Gasteiger charge is -2.26. The number of aromatic hydroxyl groups is 2. The van der Waals surface area contributed by atoms with Crippen molar-refractivity contribution in [1.82, 2.24) is 0 Å². The van der Waals surface area contributed by atoms with Gasteiger partial charge < -0.3 is 10.2 Å². The minimum atomic E-state index is -0.362. The molecule has 0 amide bonds. The number of hydrogen-bond acceptors (Lipinski definition) is 2. The normalized spacial score (nSPS) is 13.9. The Bertz CT molecular complexity index is 593. The lowest BCUT2D eigenvalue weighted by molar-refractivity contribution is 0.455. The molecule has 0 heterocycles. The summed E-state index contributed by atoms with van der Waals surface area (Å²) in [5.74, 6) is 0.0371. The first-order valence-electron chi connectivity index (χ1n) is 7.34. The van der Waals surface area contributed by atoms with E-state index in [1.807, 2.05) is 19.1 Å². The van der Waals surface area contributed by atoms with Gasteiger partial charge in [0.1, 0.15) is 17.3 Å². The van der Waals surface area contributed by atoms with Gasteiger partial charge in [-0.15, -0.1) is 0 Å². The molecular weight excluding hydrogens is 267 g/mol. The first kappa shape index (κ1) is 15.4. The van der Waals surface area contributed by atoms with E-state index in [9.17, 15) is 14.6 Å². The van der Waals surface area contributed by atoms with E-state index >= 15 is 0 Å². The molecule has 2 rings (SSSR count). The van der Waals surface area contributed by atoms with Gasteiger partial charge >= 0.3 is 0 Å². The summed E-state index contributed by atoms with van der Waals surface area (Å²) < 4.78 is 14.2. The van der Waals surface area contributed by atoms with Crippen molar-refractivity contribution in [2.45, 2.75) is 38.5 Å². The van der Waals surface area contributed by atoms with E-state index in [0.717, 1.165) is 18.4 Å². The van der Waals surface area contributed by atoms with Crippen molar-refractivity contribution in [1.29, 1.82) is 0 Å². The van der Waals surface area contributed by atoms with Gasteiger partial charge in [0.05, 0.1) is 0 Å². The topological polar surface area (TPSA) is 40.5 Å². The highest BCUT2D eigenvalue weighted by atomic mass is 19.1. The molecule has 0 aliphatic carbocycles. The molecule has 2 N–H and O–H groups in total. The van der Waals surface area contributed by atoms with Crippen molar-refractivity contribution in [2.24, 2.45) is 0 Å². The SMILES string of the molecule is CCC(c1ccc(O)cc1)C(CC)c1ccc(O)cc1F. The standard InChI is InChI=1S/C18H21FO2/c1-3-15(12-5-7-13(20)8-6-12)16(4-2)17-10-9-14(21)11-18(17)19/h5-11,15-16,20-21H,3-4H2,1-2H3. The van der Waals surface area contributed by atoms with Gasteiger partial charge in [-0.1, -0.05) is 32.0 Å². The molecule has 2 aromatic carbocycles. The van der Waals surface area contributed by atoms with Crippen molar-refractivity contribution in [3.63, 3.8) is 0 Å². The molecule has 0 aromatic heterocycles. The summed E-state index contributed by atoms with van der Waals surface area (Å²) in [6, 6.07) is 11.5. The average Bonchev–Trinajstić information content (AvgIpc) is 2.47. The van der Waals surface area contributed by atoms with E-state index in [2.05, 4.69) is 6.92 Å². The zero-order valence-corrected chi connectivity index (χ0v) is 12.4. The Hall–Kier alpha value is -2.03. The highest BCUT2D eigenvalue weighted by Gasteiger charge is 2.24. The predicted molar refractivity (Wildman–Crippen MR) is 82.2 cm³/mol. The number of rotatable bonds is 5. The van der Waals surface area contributed by atoms with Gasteiger partial charge in [0, 0.05) is 6.07 Å². The molecule has 2 unspecified atom stereocenters. The molecule has 0 saturated carbocycles. The van der Waals surface area contributed by atoms with Crippen molar-refractivity contribution in [2.75, 3.05) is 0 Å². The predicted octanol–water partition coefficient (Wildman–Crippen LogP) is 4.92. The Morgan fingerprint density at radius 1 is 0.857 bits per heavy atom. The Balaban J connectivity index is 2.39. The number of benzene rings is 2. The lowest BCUT2D eigenvalue weighted by Crippen LogP contribution is -2.11. The van der Waals surface area contributed by atoms with E-state index in [4.69, 9.17) is 0 Å². The molecule has 0 bridgehead atoms. The number of phenolic OH excluding ortho intramolecular Hbond substituents is 2. The summed E-state index contributed by atoms with van der Waals surface area (Å²) in [5, 5.41) is 18.8. The monoisotopic (exact) mass is 288 g/mol. The van der Waals surface area contributed by atoms with Crippen molar-refractivity contribution < 1.29 is 14.6 Å². The first-order valence-corrected chi connectivity index (χ1v) is 7.34. The molecular formula is C18H21FO2. The van der Waals surface area contributed by atoms with Gasteiger partial charge in [-0.05, 0) is 54.0 Å². The fraction of sp³-hybridized carbons (Fsp3) is 0.333. The summed E-state index contributed by atoms with van der Waals surface area (Å²) in [6.07, 6.45) is 1.69. The fourth-order valence-electron chi connectivity index (χ4n) is 3.01. The van der Waals surface area contributed by atoms with Gasteiger partial charge in [-0.3, -0.25) is 0 Å². The Morgan fingerprint density at radius 2 is 1.43 bits per heavy atom. The smallest absolute Gasteiger partial charge is 0.130 e. The first-order chi connectivity index (χ1) is 10.1. The summed E-state index contributed by atoms with van der Waals surface area (Å²) in [4.78, 5) is 0. The fourth-order valence-corrected chi connectivity index (χ4v) is 3.01. The third-order valence-corrected chi connectivity index (χ3v) is 4.07. The molecule has 3 heteroatoms. The molecule has 0 saturated heterocycles. The molecule has 2 nitrogen and oxygen atoms in total. The molecule has 0 fully saturated rings. The second kappa shape index (κ2) is 6.61. The minimum Gasteiger partial charge on any atom is -0.508 e. The van der Waals surface area contributed by atoms with Crippen LogP contribution in [-0.2, 0) is 0 Å². The molecule has 0 aliphatic rings. The largest absolute Gasteiger partial charge is 0.508 e.